The van der Waals surface area contributed by atoms with Crippen molar-refractivity contribution in [2.45, 2.75) is 11.8 Å². The number of carbonyl (C=O) groups is 2. The van der Waals surface area contributed by atoms with Gasteiger partial charge in [0.2, 0.25) is 18.2 Å². The maximum absolute atomic E-state index is 10.8. The average molecular weight is 307 g/mol. The lowest BCUT2D eigenvalue weighted by atomic mass is 10.2. The van der Waals surface area contributed by atoms with E-state index in [0.717, 1.165) is 5.56 Å². The van der Waals surface area contributed by atoms with Crippen molar-refractivity contribution in [3.63, 3.8) is 0 Å². The highest BCUT2D eigenvalue weighted by Crippen LogP contribution is 2.19. The molecule has 21 heavy (non-hydrogen) atoms. The van der Waals surface area contributed by atoms with Crippen LogP contribution in [0.2, 0.25) is 0 Å². The van der Waals surface area contributed by atoms with Crippen molar-refractivity contribution in [1.82, 2.24) is 15.5 Å². The van der Waals surface area contributed by atoms with Gasteiger partial charge in [-0.05, 0) is 12.1 Å². The minimum atomic E-state index is -1.08. The fourth-order valence-corrected chi connectivity index (χ4v) is 2.43. The first-order chi connectivity index (χ1) is 10.2. The monoisotopic (exact) mass is 307 g/mol. The van der Waals surface area contributed by atoms with Gasteiger partial charge in [0.1, 0.15) is 6.04 Å². The van der Waals surface area contributed by atoms with Gasteiger partial charge in [0, 0.05) is 11.3 Å². The van der Waals surface area contributed by atoms with Gasteiger partial charge in [-0.25, -0.2) is 4.79 Å². The number of aliphatic carboxylic acids is 1. The van der Waals surface area contributed by atoms with Gasteiger partial charge in [-0.15, -0.1) is 22.0 Å². The average Bonchev–Trinajstić information content (AvgIpc) is 2.96. The fourth-order valence-electron chi connectivity index (χ4n) is 1.55. The molecule has 8 heteroatoms. The molecule has 2 N–H and O–H groups in total. The molecule has 0 radical (unpaired) electrons. The Hall–Kier alpha value is -2.35. The molecule has 1 aromatic carbocycles. The first-order valence-electron chi connectivity index (χ1n) is 6.08. The van der Waals surface area contributed by atoms with E-state index in [1.54, 1.807) is 0 Å². The van der Waals surface area contributed by atoms with E-state index in [4.69, 9.17) is 9.52 Å². The topological polar surface area (TPSA) is 105 Å². The summed E-state index contributed by atoms with van der Waals surface area (Å²) in [5, 5.41) is 18.9. The van der Waals surface area contributed by atoms with Crippen LogP contribution in [0, 0.1) is 0 Å². The van der Waals surface area contributed by atoms with E-state index in [-0.39, 0.29) is 5.75 Å². The maximum Gasteiger partial charge on any atom is 0.327 e. The van der Waals surface area contributed by atoms with Crippen molar-refractivity contribution in [2.75, 3.05) is 5.75 Å². The lowest BCUT2D eigenvalue weighted by molar-refractivity contribution is -0.139. The molecule has 1 atom stereocenters. The predicted octanol–water partition coefficient (Wildman–Crippen LogP) is 1.17. The number of thioether (sulfide) groups is 1. The van der Waals surface area contributed by atoms with Crippen LogP contribution in [0.1, 0.15) is 5.89 Å². The van der Waals surface area contributed by atoms with Crippen LogP contribution in [0.3, 0.4) is 0 Å². The number of amides is 1. The maximum atomic E-state index is 10.8. The van der Waals surface area contributed by atoms with E-state index < -0.39 is 12.0 Å². The van der Waals surface area contributed by atoms with E-state index in [1.807, 2.05) is 30.3 Å². The van der Waals surface area contributed by atoms with E-state index in [1.165, 1.54) is 11.8 Å². The molecule has 0 spiro atoms. The smallest absolute Gasteiger partial charge is 0.327 e. The molecule has 0 aliphatic carbocycles. The minimum absolute atomic E-state index is 0.219. The van der Waals surface area contributed by atoms with Gasteiger partial charge < -0.3 is 14.8 Å². The predicted molar refractivity (Wildman–Crippen MR) is 76.5 cm³/mol. The second kappa shape index (κ2) is 7.44. The van der Waals surface area contributed by atoms with Gasteiger partial charge in [0.25, 0.3) is 0 Å². The van der Waals surface area contributed by atoms with Crippen molar-refractivity contribution < 1.29 is 19.1 Å². The molecule has 110 valence electrons. The van der Waals surface area contributed by atoms with Gasteiger partial charge in [-0.2, -0.15) is 0 Å². The fraction of sp³-hybridized carbons (Fsp3) is 0.231. The Kier molecular flexibility index (Phi) is 5.33. The van der Waals surface area contributed by atoms with Crippen molar-refractivity contribution in [2.24, 2.45) is 0 Å². The molecule has 1 heterocycles. The molecule has 1 unspecified atom stereocenters. The van der Waals surface area contributed by atoms with Crippen LogP contribution in [-0.4, -0.2) is 39.5 Å². The number of rotatable bonds is 8. The summed E-state index contributed by atoms with van der Waals surface area (Å²) >= 11 is 1.29. The summed E-state index contributed by atoms with van der Waals surface area (Å²) in [7, 11) is 0. The van der Waals surface area contributed by atoms with Crippen LogP contribution in [-0.2, 0) is 15.3 Å². The Morgan fingerprint density at radius 1 is 1.38 bits per heavy atom. The van der Waals surface area contributed by atoms with Crippen LogP contribution >= 0.6 is 11.8 Å². The van der Waals surface area contributed by atoms with Crippen LogP contribution in [0.15, 0.2) is 34.7 Å². The highest BCUT2D eigenvalue weighted by Gasteiger charge is 2.17. The number of carboxylic acid groups (broad SMARTS) is 1. The number of hydrogen-bond acceptors (Lipinski definition) is 6. The van der Waals surface area contributed by atoms with Crippen molar-refractivity contribution >= 4 is 24.1 Å². The van der Waals surface area contributed by atoms with E-state index in [9.17, 15) is 9.59 Å². The third-order valence-corrected chi connectivity index (χ3v) is 3.59. The molecule has 2 rings (SSSR count). The standard InChI is InChI=1S/C13H13N3O4S/c17-8-14-10(13(18)19)6-21-7-11-15-16-12(20-11)9-4-2-1-3-5-9/h1-5,8,10H,6-7H2,(H,14,17)(H,18,19). The summed E-state index contributed by atoms with van der Waals surface area (Å²) in [6.07, 6.45) is 0.375. The highest BCUT2D eigenvalue weighted by atomic mass is 32.2. The summed E-state index contributed by atoms with van der Waals surface area (Å²) < 4.78 is 5.49. The molecule has 7 nitrogen and oxygen atoms in total. The number of hydrogen-bond donors (Lipinski definition) is 2. The zero-order valence-corrected chi connectivity index (χ0v) is 11.7. The number of carbonyl (C=O) groups excluding carboxylic acids is 1. The molecule has 0 fully saturated rings. The lowest BCUT2D eigenvalue weighted by Crippen LogP contribution is -2.37. The summed E-state index contributed by atoms with van der Waals surface area (Å²) in [4.78, 5) is 21.1. The number of aromatic nitrogens is 2. The largest absolute Gasteiger partial charge is 0.480 e. The van der Waals surface area contributed by atoms with Crippen molar-refractivity contribution in [3.8, 4) is 11.5 Å². The summed E-state index contributed by atoms with van der Waals surface area (Å²) in [5.41, 5.74) is 0.826. The quantitative estimate of drug-likeness (QED) is 0.705. The Morgan fingerprint density at radius 2 is 2.14 bits per heavy atom. The summed E-state index contributed by atoms with van der Waals surface area (Å²) in [6, 6.07) is 8.43. The third-order valence-electron chi connectivity index (χ3n) is 2.56. The van der Waals surface area contributed by atoms with Gasteiger partial charge >= 0.3 is 5.97 Å². The molecule has 2 aromatic rings. The molecule has 0 aliphatic heterocycles. The molecule has 1 aromatic heterocycles. The van der Waals surface area contributed by atoms with Gasteiger partial charge in [0.05, 0.1) is 5.75 Å². The number of carboxylic acids is 1. The number of nitrogens with one attached hydrogen (secondary N) is 1. The third kappa shape index (κ3) is 4.32. The molecular weight excluding hydrogens is 294 g/mol. The van der Waals surface area contributed by atoms with Crippen LogP contribution in [0.25, 0.3) is 11.5 Å². The van der Waals surface area contributed by atoms with E-state index >= 15 is 0 Å². The van der Waals surface area contributed by atoms with E-state index in [0.29, 0.717) is 23.9 Å². The molecule has 0 bridgehead atoms. The van der Waals surface area contributed by atoms with Crippen molar-refractivity contribution in [1.29, 1.82) is 0 Å². The Labute approximate surface area is 124 Å². The molecule has 1 amide bonds. The molecule has 0 aliphatic rings. The zero-order valence-electron chi connectivity index (χ0n) is 10.9. The Bertz CT molecular complexity index is 602. The Balaban J connectivity index is 1.88. The van der Waals surface area contributed by atoms with Gasteiger partial charge in [0.15, 0.2) is 0 Å². The summed E-state index contributed by atoms with van der Waals surface area (Å²) in [5.74, 6) is 0.354. The molecule has 0 saturated carbocycles. The normalized spacial score (nSPS) is 11.8. The SMILES string of the molecule is O=CNC(CSCc1nnc(-c2ccccc2)o1)C(=O)O. The number of nitrogens with zero attached hydrogens (tertiary/aromatic N) is 2. The van der Waals surface area contributed by atoms with E-state index in [2.05, 4.69) is 15.5 Å². The highest BCUT2D eigenvalue weighted by molar-refractivity contribution is 7.98. The van der Waals surface area contributed by atoms with Gasteiger partial charge in [-0.3, -0.25) is 4.79 Å². The van der Waals surface area contributed by atoms with Gasteiger partial charge in [-0.1, -0.05) is 18.2 Å². The van der Waals surface area contributed by atoms with Crippen LogP contribution in [0.5, 0.6) is 0 Å². The second-order valence-corrected chi connectivity index (χ2v) is 5.09. The zero-order chi connectivity index (χ0) is 15.1. The Morgan fingerprint density at radius 3 is 2.81 bits per heavy atom. The van der Waals surface area contributed by atoms with Crippen LogP contribution in [0.4, 0.5) is 0 Å². The second-order valence-electron chi connectivity index (χ2n) is 4.06. The number of benzene rings is 1. The minimum Gasteiger partial charge on any atom is -0.480 e. The van der Waals surface area contributed by atoms with Crippen LogP contribution < -0.4 is 5.32 Å². The molecular formula is C13H13N3O4S. The lowest BCUT2D eigenvalue weighted by Gasteiger charge is -2.09. The molecule has 0 saturated heterocycles. The first-order valence-corrected chi connectivity index (χ1v) is 7.24. The first kappa shape index (κ1) is 15.0. The van der Waals surface area contributed by atoms with Crippen molar-refractivity contribution in [3.05, 3.63) is 36.2 Å². The summed E-state index contributed by atoms with van der Waals surface area (Å²) in [6.45, 7) is 0.